The molecule has 0 aromatic heterocycles. The van der Waals surface area contributed by atoms with Gasteiger partial charge in [-0.2, -0.15) is 0 Å². The first-order chi connectivity index (χ1) is 6.56. The molecule has 0 saturated heterocycles. The van der Waals surface area contributed by atoms with E-state index < -0.39 is 0 Å². The molecule has 0 aromatic rings. The van der Waals surface area contributed by atoms with Gasteiger partial charge < -0.3 is 15.4 Å². The van der Waals surface area contributed by atoms with Crippen LogP contribution in [0.25, 0.3) is 0 Å². The largest absolute Gasteiger partial charge is 0.368 e. The number of hydrogen-bond acceptors (Lipinski definition) is 3. The molecule has 0 aliphatic heterocycles. The number of guanidine groups is 1. The molecular weight excluding hydrogens is 180 g/mol. The maximum Gasteiger partial charge on any atom is 0.212 e. The van der Waals surface area contributed by atoms with Crippen LogP contribution in [-0.2, 0) is 4.79 Å². The number of aliphatic imine (C=N–C) groups is 1. The molecule has 3 N–H and O–H groups in total. The molecule has 0 spiro atoms. The molecule has 0 bridgehead atoms. The summed E-state index contributed by atoms with van der Waals surface area (Å²) in [5.74, 6) is -0.247. The van der Waals surface area contributed by atoms with Gasteiger partial charge in [0.05, 0.1) is 0 Å². The predicted molar refractivity (Wildman–Crippen MR) is 57.7 cm³/mol. The Bertz CT molecular complexity index is 213. The average Bonchev–Trinajstić information content (AvgIpc) is 2.10. The van der Waals surface area contributed by atoms with Crippen molar-refractivity contribution >= 4 is 18.5 Å². The summed E-state index contributed by atoms with van der Waals surface area (Å²) < 4.78 is 0. The van der Waals surface area contributed by atoms with Crippen LogP contribution in [0.15, 0.2) is 4.99 Å². The van der Waals surface area contributed by atoms with E-state index in [0.717, 1.165) is 19.3 Å². The summed E-state index contributed by atoms with van der Waals surface area (Å²) in [5, 5.41) is 6.85. The Balaban J connectivity index is 3.79. The van der Waals surface area contributed by atoms with Crippen molar-refractivity contribution in [1.29, 1.82) is 5.41 Å². The lowest BCUT2D eigenvalue weighted by Crippen LogP contribution is -2.17. The van der Waals surface area contributed by atoms with E-state index in [0.29, 0.717) is 6.42 Å². The van der Waals surface area contributed by atoms with Crippen LogP contribution >= 0.6 is 0 Å². The maximum absolute atomic E-state index is 10.6. The van der Waals surface area contributed by atoms with Crippen LogP contribution in [0.5, 0.6) is 0 Å². The van der Waals surface area contributed by atoms with Crippen molar-refractivity contribution in [3.05, 3.63) is 0 Å². The first kappa shape index (κ1) is 12.8. The molecule has 0 aromatic carbocycles. The Labute approximate surface area is 84.5 Å². The number of rotatable bonds is 6. The lowest BCUT2D eigenvalue weighted by Gasteiger charge is -2.12. The lowest BCUT2D eigenvalue weighted by atomic mass is 10.0. The molecule has 0 amide bonds. The fourth-order valence-electron chi connectivity index (χ4n) is 0.952. The number of nitrogens with one attached hydrogen (secondary N) is 1. The fraction of sp³-hybridized carbons (Fsp3) is 0.667. The van der Waals surface area contributed by atoms with E-state index in [4.69, 9.17) is 11.1 Å². The Kier molecular flexibility index (Phi) is 6.57. The minimum atomic E-state index is -0.220. The average molecular weight is 198 g/mol. The SMILES string of the molecule is CN(C)CCC(C=O)CC=NC(=N)N. The summed E-state index contributed by atoms with van der Waals surface area (Å²) in [7, 11) is 3.93. The molecule has 0 radical (unpaired) electrons. The standard InChI is InChI=1S/C9H18N4O/c1-13(2)6-4-8(7-14)3-5-12-9(10)11/h5,7-8H,3-4,6H2,1-2H3,(H3,10,11). The highest BCUT2D eigenvalue weighted by Gasteiger charge is 2.05. The zero-order valence-corrected chi connectivity index (χ0v) is 8.73. The smallest absolute Gasteiger partial charge is 0.212 e. The fourth-order valence-corrected chi connectivity index (χ4v) is 0.952. The van der Waals surface area contributed by atoms with Crippen LogP contribution in [0.2, 0.25) is 0 Å². The number of nitrogens with two attached hydrogens (primary N) is 1. The third kappa shape index (κ3) is 7.42. The lowest BCUT2D eigenvalue weighted by molar-refractivity contribution is -0.111. The summed E-state index contributed by atoms with van der Waals surface area (Å²) in [5.41, 5.74) is 5.03. The molecule has 1 unspecified atom stereocenters. The molecule has 5 heteroatoms. The van der Waals surface area contributed by atoms with Crippen LogP contribution in [0.3, 0.4) is 0 Å². The van der Waals surface area contributed by atoms with Gasteiger partial charge in [-0.05, 0) is 33.5 Å². The Morgan fingerprint density at radius 3 is 2.71 bits per heavy atom. The van der Waals surface area contributed by atoms with Crippen LogP contribution in [0, 0.1) is 11.3 Å². The van der Waals surface area contributed by atoms with Gasteiger partial charge in [0, 0.05) is 12.1 Å². The first-order valence-electron chi connectivity index (χ1n) is 4.52. The van der Waals surface area contributed by atoms with E-state index in [1.807, 2.05) is 19.0 Å². The van der Waals surface area contributed by atoms with Crippen molar-refractivity contribution in [3.63, 3.8) is 0 Å². The number of carbonyl (C=O) groups excluding carboxylic acids is 1. The summed E-state index contributed by atoms with van der Waals surface area (Å²) >= 11 is 0. The highest BCUT2D eigenvalue weighted by Crippen LogP contribution is 2.03. The van der Waals surface area contributed by atoms with Crippen molar-refractivity contribution in [2.24, 2.45) is 16.6 Å². The van der Waals surface area contributed by atoms with Gasteiger partial charge in [0.15, 0.2) is 0 Å². The molecule has 0 rings (SSSR count). The molecular formula is C9H18N4O. The predicted octanol–water partition coefficient (Wildman–Crippen LogP) is 0.108. The highest BCUT2D eigenvalue weighted by molar-refractivity contribution is 5.84. The molecule has 0 fully saturated rings. The summed E-state index contributed by atoms with van der Waals surface area (Å²) in [6, 6.07) is 0. The van der Waals surface area contributed by atoms with Gasteiger partial charge in [-0.3, -0.25) is 5.41 Å². The van der Waals surface area contributed by atoms with Gasteiger partial charge in [-0.1, -0.05) is 0 Å². The third-order valence-corrected chi connectivity index (χ3v) is 1.78. The van der Waals surface area contributed by atoms with Crippen molar-refractivity contribution in [3.8, 4) is 0 Å². The van der Waals surface area contributed by atoms with Gasteiger partial charge in [0.1, 0.15) is 6.29 Å². The topological polar surface area (TPSA) is 82.5 Å². The number of aldehydes is 1. The van der Waals surface area contributed by atoms with E-state index in [2.05, 4.69) is 4.99 Å². The zero-order valence-electron chi connectivity index (χ0n) is 8.73. The second kappa shape index (κ2) is 7.20. The monoisotopic (exact) mass is 198 g/mol. The second-order valence-corrected chi connectivity index (χ2v) is 3.42. The Hall–Kier alpha value is -1.23. The molecule has 1 atom stereocenters. The van der Waals surface area contributed by atoms with E-state index in [9.17, 15) is 4.79 Å². The summed E-state index contributed by atoms with van der Waals surface area (Å²) in [6.07, 6.45) is 3.81. The Morgan fingerprint density at radius 2 is 2.29 bits per heavy atom. The van der Waals surface area contributed by atoms with Gasteiger partial charge in [-0.15, -0.1) is 0 Å². The number of nitrogens with zero attached hydrogens (tertiary/aromatic N) is 2. The van der Waals surface area contributed by atoms with E-state index in [-0.39, 0.29) is 11.9 Å². The van der Waals surface area contributed by atoms with Crippen LogP contribution in [-0.4, -0.2) is 44.0 Å². The van der Waals surface area contributed by atoms with Gasteiger partial charge >= 0.3 is 0 Å². The quantitative estimate of drug-likeness (QED) is 0.361. The summed E-state index contributed by atoms with van der Waals surface area (Å²) in [4.78, 5) is 16.3. The van der Waals surface area contributed by atoms with Gasteiger partial charge in [0.25, 0.3) is 0 Å². The molecule has 80 valence electrons. The van der Waals surface area contributed by atoms with Crippen molar-refractivity contribution < 1.29 is 4.79 Å². The highest BCUT2D eigenvalue weighted by atomic mass is 16.1. The third-order valence-electron chi connectivity index (χ3n) is 1.78. The van der Waals surface area contributed by atoms with Gasteiger partial charge in [-0.25, -0.2) is 4.99 Å². The molecule has 0 saturated carbocycles. The minimum Gasteiger partial charge on any atom is -0.368 e. The first-order valence-corrected chi connectivity index (χ1v) is 4.52. The maximum atomic E-state index is 10.6. The summed E-state index contributed by atoms with van der Waals surface area (Å²) in [6.45, 7) is 0.872. The number of hydrogen-bond donors (Lipinski definition) is 2. The zero-order chi connectivity index (χ0) is 11.0. The molecule has 14 heavy (non-hydrogen) atoms. The molecule has 5 nitrogen and oxygen atoms in total. The Morgan fingerprint density at radius 1 is 1.64 bits per heavy atom. The van der Waals surface area contributed by atoms with E-state index in [1.165, 1.54) is 6.21 Å². The normalized spacial score (nSPS) is 13.4. The number of carbonyl (C=O) groups is 1. The molecule has 0 aliphatic carbocycles. The van der Waals surface area contributed by atoms with Crippen molar-refractivity contribution in [2.75, 3.05) is 20.6 Å². The van der Waals surface area contributed by atoms with Gasteiger partial charge in [0.2, 0.25) is 5.96 Å². The van der Waals surface area contributed by atoms with Crippen LogP contribution in [0.4, 0.5) is 0 Å². The molecule has 0 heterocycles. The molecule has 0 aliphatic rings. The van der Waals surface area contributed by atoms with Crippen LogP contribution < -0.4 is 5.73 Å². The van der Waals surface area contributed by atoms with E-state index >= 15 is 0 Å². The van der Waals surface area contributed by atoms with Crippen molar-refractivity contribution in [2.45, 2.75) is 12.8 Å². The minimum absolute atomic E-state index is 0.0273. The van der Waals surface area contributed by atoms with Crippen LogP contribution in [0.1, 0.15) is 12.8 Å². The second-order valence-electron chi connectivity index (χ2n) is 3.42. The van der Waals surface area contributed by atoms with E-state index in [1.54, 1.807) is 0 Å². The van der Waals surface area contributed by atoms with Crippen molar-refractivity contribution in [1.82, 2.24) is 4.90 Å².